The highest BCUT2D eigenvalue weighted by molar-refractivity contribution is 7.99. The van der Waals surface area contributed by atoms with Crippen LogP contribution in [0.3, 0.4) is 0 Å². The van der Waals surface area contributed by atoms with Gasteiger partial charge in [-0.3, -0.25) is 19.2 Å². The van der Waals surface area contributed by atoms with Gasteiger partial charge in [0.25, 0.3) is 0 Å². The molecule has 0 aliphatic carbocycles. The quantitative estimate of drug-likeness (QED) is 0.0577. The Hall–Kier alpha value is -1.89. The molecular weight excluding hydrogens is 616 g/mol. The van der Waals surface area contributed by atoms with Crippen molar-refractivity contribution < 1.29 is 52.3 Å². The van der Waals surface area contributed by atoms with E-state index in [0.29, 0.717) is 19.0 Å². The van der Waals surface area contributed by atoms with Gasteiger partial charge in [0.15, 0.2) is 18.3 Å². The van der Waals surface area contributed by atoms with E-state index in [1.807, 2.05) is 0 Å². The van der Waals surface area contributed by atoms with Gasteiger partial charge in [-0.05, 0) is 6.42 Å². The minimum absolute atomic E-state index is 0.259. The molecule has 0 spiro atoms. The lowest BCUT2D eigenvalue weighted by molar-refractivity contribution is -0.237. The maximum absolute atomic E-state index is 12.0. The molecule has 6 atom stereocenters. The molecule has 0 radical (unpaired) electrons. The third-order valence-corrected chi connectivity index (χ3v) is 8.95. The molecule has 0 aromatic heterocycles. The molecule has 12 heteroatoms. The van der Waals surface area contributed by atoms with Gasteiger partial charge in [-0.15, -0.1) is 11.8 Å². The highest BCUT2D eigenvalue weighted by Gasteiger charge is 2.52. The molecular formula is C34H60O11S. The van der Waals surface area contributed by atoms with Crippen molar-refractivity contribution >= 4 is 35.6 Å². The Balaban J connectivity index is 2.52. The molecule has 0 unspecified atom stereocenters. The van der Waals surface area contributed by atoms with Crippen LogP contribution in [-0.4, -0.2) is 92.5 Å². The summed E-state index contributed by atoms with van der Waals surface area (Å²) in [5.41, 5.74) is -0.843. The molecule has 0 saturated carbocycles. The van der Waals surface area contributed by atoms with E-state index in [9.17, 15) is 19.2 Å². The van der Waals surface area contributed by atoms with E-state index < -0.39 is 53.7 Å². The number of unbranched alkanes of at least 4 members (excludes halogenated alkanes) is 13. The lowest BCUT2D eigenvalue weighted by Gasteiger charge is -2.44. The van der Waals surface area contributed by atoms with E-state index in [1.165, 1.54) is 117 Å². The summed E-state index contributed by atoms with van der Waals surface area (Å²) < 4.78 is 39.3. The normalized spacial score (nSPS) is 21.7. The van der Waals surface area contributed by atoms with Crippen LogP contribution in [0.1, 0.15) is 125 Å². The standard InChI is InChI=1S/C34H60O11S/c1-7-8-9-10-11-12-13-14-15-16-17-18-19-20-21-40-22-29(39-6)24-46-34-33(44-28(5)38)32(43-27(4)37)31(42-26(3)36)30(45-34)23-41-25(2)35/h29-34H,7-24H2,1-6H3/t29-,30-,31-,32+,33-,34+/m1/s1. The monoisotopic (exact) mass is 676 g/mol. The first-order chi connectivity index (χ1) is 22.1. The van der Waals surface area contributed by atoms with Gasteiger partial charge in [0.2, 0.25) is 0 Å². The van der Waals surface area contributed by atoms with Gasteiger partial charge in [0.1, 0.15) is 18.1 Å². The lowest BCUT2D eigenvalue weighted by Crippen LogP contribution is -2.61. The third kappa shape index (κ3) is 19.7. The zero-order valence-corrected chi connectivity index (χ0v) is 29.9. The number of hydrogen-bond acceptors (Lipinski definition) is 12. The van der Waals surface area contributed by atoms with E-state index in [0.717, 1.165) is 12.8 Å². The summed E-state index contributed by atoms with van der Waals surface area (Å²) in [6, 6.07) is 0. The Morgan fingerprint density at radius 3 is 1.61 bits per heavy atom. The number of methoxy groups -OCH3 is 1. The van der Waals surface area contributed by atoms with Crippen LogP contribution in [0, 0.1) is 0 Å². The average Bonchev–Trinajstić information content (AvgIpc) is 2.99. The molecule has 1 aliphatic heterocycles. The Morgan fingerprint density at radius 2 is 1.13 bits per heavy atom. The number of carbonyl (C=O) groups is 4. The van der Waals surface area contributed by atoms with Crippen LogP contribution < -0.4 is 0 Å². The van der Waals surface area contributed by atoms with Crippen LogP contribution in [0.2, 0.25) is 0 Å². The van der Waals surface area contributed by atoms with Gasteiger partial charge in [0.05, 0.1) is 12.7 Å². The molecule has 1 aliphatic rings. The van der Waals surface area contributed by atoms with E-state index in [1.54, 1.807) is 7.11 Å². The second kappa shape index (κ2) is 26.1. The molecule has 0 N–H and O–H groups in total. The minimum Gasteiger partial charge on any atom is -0.463 e. The van der Waals surface area contributed by atoms with Gasteiger partial charge in [-0.25, -0.2) is 0 Å². The van der Waals surface area contributed by atoms with E-state index in [-0.39, 0.29) is 12.7 Å². The second-order valence-electron chi connectivity index (χ2n) is 11.9. The van der Waals surface area contributed by atoms with Crippen LogP contribution in [0.5, 0.6) is 0 Å². The van der Waals surface area contributed by atoms with Gasteiger partial charge in [-0.1, -0.05) is 90.4 Å². The number of rotatable bonds is 26. The average molecular weight is 677 g/mol. The summed E-state index contributed by atoms with van der Waals surface area (Å²) in [6.45, 7) is 7.86. The number of thioether (sulfide) groups is 1. The Morgan fingerprint density at radius 1 is 0.652 bits per heavy atom. The number of esters is 4. The van der Waals surface area contributed by atoms with Crippen LogP contribution in [-0.2, 0) is 52.3 Å². The van der Waals surface area contributed by atoms with Gasteiger partial charge in [0, 0.05) is 47.2 Å². The van der Waals surface area contributed by atoms with Crippen LogP contribution in [0.4, 0.5) is 0 Å². The largest absolute Gasteiger partial charge is 0.463 e. The van der Waals surface area contributed by atoms with Crippen molar-refractivity contribution in [3.8, 4) is 0 Å². The summed E-state index contributed by atoms with van der Waals surface area (Å²) in [4.78, 5) is 47.5. The Labute approximate surface area is 280 Å². The van der Waals surface area contributed by atoms with Crippen molar-refractivity contribution in [3.05, 3.63) is 0 Å². The fourth-order valence-electron chi connectivity index (χ4n) is 5.32. The molecule has 11 nitrogen and oxygen atoms in total. The maximum Gasteiger partial charge on any atom is 0.303 e. The van der Waals surface area contributed by atoms with Crippen molar-refractivity contribution in [3.63, 3.8) is 0 Å². The fourth-order valence-corrected chi connectivity index (χ4v) is 6.58. The molecule has 1 heterocycles. The summed E-state index contributed by atoms with van der Waals surface area (Å²) in [6.07, 6.45) is 13.5. The second-order valence-corrected chi connectivity index (χ2v) is 13.1. The SMILES string of the molecule is CCCCCCCCCCCCCCCCOC[C@H](CS[C@@H]1O[C@H](COC(C)=O)[C@@H](OC(C)=O)[C@H](OC(C)=O)[C@H]1OC(C)=O)OC. The highest BCUT2D eigenvalue weighted by atomic mass is 32.2. The minimum atomic E-state index is -1.19. The van der Waals surface area contributed by atoms with Crippen LogP contribution in [0.25, 0.3) is 0 Å². The van der Waals surface area contributed by atoms with Crippen LogP contribution >= 0.6 is 11.8 Å². The molecule has 0 aromatic carbocycles. The Kier molecular flexibility index (Phi) is 23.9. The van der Waals surface area contributed by atoms with Gasteiger partial charge in [-0.2, -0.15) is 0 Å². The molecule has 1 saturated heterocycles. The zero-order chi connectivity index (χ0) is 34.2. The van der Waals surface area contributed by atoms with Crippen molar-refractivity contribution in [2.45, 2.75) is 160 Å². The van der Waals surface area contributed by atoms with Crippen molar-refractivity contribution in [2.75, 3.05) is 32.7 Å². The zero-order valence-electron chi connectivity index (χ0n) is 29.1. The third-order valence-electron chi connectivity index (χ3n) is 7.67. The Bertz CT molecular complexity index is 855. The van der Waals surface area contributed by atoms with Crippen molar-refractivity contribution in [1.82, 2.24) is 0 Å². The molecule has 268 valence electrons. The van der Waals surface area contributed by atoms with Gasteiger partial charge >= 0.3 is 23.9 Å². The lowest BCUT2D eigenvalue weighted by atomic mass is 9.99. The van der Waals surface area contributed by atoms with Gasteiger partial charge < -0.3 is 33.2 Å². The highest BCUT2D eigenvalue weighted by Crippen LogP contribution is 2.35. The molecule has 1 rings (SSSR count). The predicted octanol–water partition coefficient (Wildman–Crippen LogP) is 6.32. The summed E-state index contributed by atoms with van der Waals surface area (Å²) in [7, 11) is 1.59. The van der Waals surface area contributed by atoms with Crippen molar-refractivity contribution in [1.29, 1.82) is 0 Å². The number of ether oxygens (including phenoxy) is 7. The molecule has 46 heavy (non-hydrogen) atoms. The first kappa shape index (κ1) is 42.1. The molecule has 0 amide bonds. The number of hydrogen-bond donors (Lipinski definition) is 0. The first-order valence-corrected chi connectivity index (χ1v) is 18.2. The smallest absolute Gasteiger partial charge is 0.303 e. The maximum atomic E-state index is 12.0. The summed E-state index contributed by atoms with van der Waals surface area (Å²) in [5.74, 6) is -2.11. The summed E-state index contributed by atoms with van der Waals surface area (Å²) in [5, 5.41) is 0. The first-order valence-electron chi connectivity index (χ1n) is 17.1. The van der Waals surface area contributed by atoms with E-state index >= 15 is 0 Å². The van der Waals surface area contributed by atoms with E-state index in [2.05, 4.69) is 6.92 Å². The number of carbonyl (C=O) groups excluding carboxylic acids is 4. The molecule has 1 fully saturated rings. The molecule has 0 bridgehead atoms. The van der Waals surface area contributed by atoms with Crippen LogP contribution in [0.15, 0.2) is 0 Å². The predicted molar refractivity (Wildman–Crippen MR) is 176 cm³/mol. The summed E-state index contributed by atoms with van der Waals surface area (Å²) >= 11 is 1.28. The molecule has 0 aromatic rings. The fraction of sp³-hybridized carbons (Fsp3) is 0.882. The van der Waals surface area contributed by atoms with Crippen molar-refractivity contribution in [2.24, 2.45) is 0 Å². The van der Waals surface area contributed by atoms with E-state index in [4.69, 9.17) is 33.2 Å². The topological polar surface area (TPSA) is 133 Å².